The Kier molecular flexibility index (Phi) is 14.1. The van der Waals surface area contributed by atoms with E-state index >= 15 is 0 Å². The fraction of sp³-hybridized carbons (Fsp3) is 0.170. The first-order valence-corrected chi connectivity index (χ1v) is 27.7. The normalized spacial score (nSPS) is 15.9. The number of phenolic OH excluding ortho intramolecular Hbond substituents is 1. The van der Waals surface area contributed by atoms with Crippen molar-refractivity contribution in [2.45, 2.75) is 48.0 Å². The number of rotatable bonds is 10. The van der Waals surface area contributed by atoms with Gasteiger partial charge >= 0.3 is 0 Å². The molecule has 11 rings (SSSR count). The second kappa shape index (κ2) is 20.6. The van der Waals surface area contributed by atoms with Crippen molar-refractivity contribution in [2.75, 3.05) is 37.1 Å². The van der Waals surface area contributed by atoms with E-state index in [1.54, 1.807) is 72.7 Å². The Morgan fingerprint density at radius 2 is 1.17 bits per heavy atom. The van der Waals surface area contributed by atoms with E-state index in [4.69, 9.17) is 9.47 Å². The van der Waals surface area contributed by atoms with Crippen molar-refractivity contribution >= 4 is 71.0 Å². The van der Waals surface area contributed by atoms with Gasteiger partial charge in [0.2, 0.25) is 0 Å². The van der Waals surface area contributed by atoms with E-state index in [0.29, 0.717) is 47.4 Å². The van der Waals surface area contributed by atoms with Crippen LogP contribution < -0.4 is 24.0 Å². The second-order valence-corrected chi connectivity index (χ2v) is 22.8. The lowest BCUT2D eigenvalue weighted by Gasteiger charge is -2.23. The number of carbonyl (C=O) groups excluding carboxylic acids is 4. The molecule has 0 fully saturated rings. The second-order valence-electron chi connectivity index (χ2n) is 17.5. The first-order valence-electron chi connectivity index (χ1n) is 23.3. The van der Waals surface area contributed by atoms with Gasteiger partial charge in [-0.05, 0) is 103 Å². The molecule has 6 heterocycles. The molecule has 0 bridgehead atoms. The minimum atomic E-state index is -3.95. The zero-order valence-electron chi connectivity index (χ0n) is 41.1. The lowest BCUT2D eigenvalue weighted by Crippen LogP contribution is -2.29. The zero-order chi connectivity index (χ0) is 54.3. The fourth-order valence-electron chi connectivity index (χ4n) is 8.70. The Balaban J connectivity index is 0.000000169. The molecule has 76 heavy (non-hydrogen) atoms. The van der Waals surface area contributed by atoms with E-state index in [1.165, 1.54) is 55.6 Å². The molecule has 4 aliphatic rings. The minimum absolute atomic E-state index is 0.00306. The molecule has 20 nitrogen and oxygen atoms in total. The first kappa shape index (κ1) is 52.2. The third-order valence-corrected chi connectivity index (χ3v) is 17.5. The SMILES string of the molecule is CCN1c2ncc(CCOc3ccc4c(c3)C(=O)N(Cc3ccccc3)S4(=O)=O)cc2C(=O)N(C)c2ccc(C)nc21.COc1ccc2c(c1)C(=O)NS2(=O)=O.O=C1c2cc(O)ccc2S(=O)(=O)N1Cc1ccccc1. The molecule has 4 aliphatic heterocycles. The summed E-state index contributed by atoms with van der Waals surface area (Å²) in [6.45, 7) is 4.66. The predicted octanol–water partition coefficient (Wildman–Crippen LogP) is 6.36. The zero-order valence-corrected chi connectivity index (χ0v) is 43.5. The number of pyridine rings is 2. The van der Waals surface area contributed by atoms with Gasteiger partial charge in [-0.3, -0.25) is 19.2 Å². The van der Waals surface area contributed by atoms with Crippen molar-refractivity contribution in [1.82, 2.24) is 23.3 Å². The van der Waals surface area contributed by atoms with Crippen LogP contribution in [0, 0.1) is 6.92 Å². The van der Waals surface area contributed by atoms with Gasteiger partial charge in [-0.1, -0.05) is 60.7 Å². The summed E-state index contributed by atoms with van der Waals surface area (Å²) in [6, 6.07) is 35.8. The Labute approximate surface area is 437 Å². The number of hydrogen-bond acceptors (Lipinski definition) is 16. The molecule has 2 aromatic heterocycles. The van der Waals surface area contributed by atoms with E-state index in [0.717, 1.165) is 31.0 Å². The fourth-order valence-corrected chi connectivity index (χ4v) is 12.9. The van der Waals surface area contributed by atoms with Gasteiger partial charge in [-0.2, -0.15) is 0 Å². The van der Waals surface area contributed by atoms with Crippen LogP contribution >= 0.6 is 0 Å². The number of anilines is 3. The molecular formula is C53H47N7O13S3. The van der Waals surface area contributed by atoms with Gasteiger partial charge in [-0.15, -0.1) is 0 Å². The van der Waals surface area contributed by atoms with Gasteiger partial charge in [0, 0.05) is 31.9 Å². The molecule has 23 heteroatoms. The van der Waals surface area contributed by atoms with E-state index in [-0.39, 0.29) is 62.7 Å². The number of methoxy groups -OCH3 is 1. The predicted molar refractivity (Wildman–Crippen MR) is 277 cm³/mol. The summed E-state index contributed by atoms with van der Waals surface area (Å²) in [5, 5.41) is 9.39. The monoisotopic (exact) mass is 1090 g/mol. The van der Waals surface area contributed by atoms with Crippen LogP contribution in [0.25, 0.3) is 0 Å². The summed E-state index contributed by atoms with van der Waals surface area (Å²) in [5.74, 6) is -0.0417. The molecule has 0 aliphatic carbocycles. The number of ether oxygens (including phenoxy) is 2. The Morgan fingerprint density at radius 3 is 1.78 bits per heavy atom. The van der Waals surface area contributed by atoms with E-state index in [1.807, 2.05) is 53.8 Å². The number of amides is 4. The molecule has 4 amide bonds. The number of phenols is 1. The lowest BCUT2D eigenvalue weighted by atomic mass is 10.1. The Morgan fingerprint density at radius 1 is 0.605 bits per heavy atom. The third-order valence-electron chi connectivity index (χ3n) is 12.6. The van der Waals surface area contributed by atoms with Crippen molar-refractivity contribution in [3.63, 3.8) is 0 Å². The van der Waals surface area contributed by atoms with Crippen molar-refractivity contribution in [3.05, 3.63) is 184 Å². The highest BCUT2D eigenvalue weighted by Crippen LogP contribution is 2.39. The number of nitrogens with one attached hydrogen (secondary N) is 1. The highest BCUT2D eigenvalue weighted by Gasteiger charge is 2.43. The molecule has 0 spiro atoms. The molecule has 0 unspecified atom stereocenters. The molecular weight excluding hydrogens is 1040 g/mol. The molecule has 0 radical (unpaired) electrons. The molecule has 0 saturated heterocycles. The van der Waals surface area contributed by atoms with Gasteiger partial charge in [0.1, 0.15) is 37.8 Å². The standard InChI is InChI=1S/C31H29N5O5S.C14H11NO4S.C8H7NO4S/c1-4-35-28-25(30(37)34(3)26-12-10-20(2)33-29(26)35)16-22(18-32-28)14-15-41-23-11-13-27-24(17-23)31(38)36(42(27,39)40)19-21-8-6-5-7-9-21;16-11-6-7-13-12(8-11)14(17)15(20(13,18)19)9-10-4-2-1-3-5-10;1-13-5-2-3-7-6(4-5)8(10)9-14(7,11)12/h5-13,16-18H,4,14-15,19H2,1-3H3;1-8,16H,9H2;2-4H,1H3,(H,9,10). The minimum Gasteiger partial charge on any atom is -0.508 e. The molecule has 2 N–H and O–H groups in total. The summed E-state index contributed by atoms with van der Waals surface area (Å²) in [5.41, 5.74) is 4.51. The van der Waals surface area contributed by atoms with Crippen LogP contribution in [0.15, 0.2) is 154 Å². The van der Waals surface area contributed by atoms with Gasteiger partial charge in [-0.25, -0.2) is 48.6 Å². The van der Waals surface area contributed by atoms with E-state index in [2.05, 4.69) is 9.97 Å². The number of sulfonamides is 3. The third kappa shape index (κ3) is 9.89. The molecule has 390 valence electrons. The van der Waals surface area contributed by atoms with E-state index < -0.39 is 47.8 Å². The maximum atomic E-state index is 13.4. The largest absolute Gasteiger partial charge is 0.508 e. The van der Waals surface area contributed by atoms with Gasteiger partial charge < -0.3 is 24.4 Å². The highest BCUT2D eigenvalue weighted by atomic mass is 32.2. The van der Waals surface area contributed by atoms with Crippen molar-refractivity contribution in [2.24, 2.45) is 0 Å². The van der Waals surface area contributed by atoms with Gasteiger partial charge in [0.05, 0.1) is 54.7 Å². The van der Waals surface area contributed by atoms with Crippen LogP contribution in [-0.4, -0.2) is 99.9 Å². The van der Waals surface area contributed by atoms with Gasteiger partial charge in [0.25, 0.3) is 53.7 Å². The number of benzene rings is 5. The number of nitrogens with zero attached hydrogens (tertiary/aromatic N) is 6. The van der Waals surface area contributed by atoms with Crippen LogP contribution in [-0.2, 0) is 49.6 Å². The summed E-state index contributed by atoms with van der Waals surface area (Å²) in [6.07, 6.45) is 2.16. The van der Waals surface area contributed by atoms with Crippen LogP contribution in [0.3, 0.4) is 0 Å². The van der Waals surface area contributed by atoms with Crippen molar-refractivity contribution in [1.29, 1.82) is 0 Å². The van der Waals surface area contributed by atoms with Crippen molar-refractivity contribution in [3.8, 4) is 17.2 Å². The number of carbonyl (C=O) groups is 4. The summed E-state index contributed by atoms with van der Waals surface area (Å²) in [4.78, 5) is 62.7. The maximum absolute atomic E-state index is 13.4. The topological polar surface area (TPSA) is 260 Å². The van der Waals surface area contributed by atoms with E-state index in [9.17, 15) is 49.5 Å². The molecule has 0 atom stereocenters. The highest BCUT2D eigenvalue weighted by molar-refractivity contribution is 7.91. The number of aromatic nitrogens is 2. The lowest BCUT2D eigenvalue weighted by molar-refractivity contribution is 0.0855. The quantitative estimate of drug-likeness (QED) is 0.151. The summed E-state index contributed by atoms with van der Waals surface area (Å²) in [7, 11) is -8.24. The molecule has 5 aromatic carbocycles. The van der Waals surface area contributed by atoms with Crippen molar-refractivity contribution < 1.29 is 59.0 Å². The van der Waals surface area contributed by atoms with Crippen LogP contribution in [0.2, 0.25) is 0 Å². The number of hydrogen-bond donors (Lipinski definition) is 2. The van der Waals surface area contributed by atoms with Crippen LogP contribution in [0.5, 0.6) is 17.2 Å². The molecule has 0 saturated carbocycles. The summed E-state index contributed by atoms with van der Waals surface area (Å²) < 4.78 is 87.8. The smallest absolute Gasteiger partial charge is 0.269 e. The maximum Gasteiger partial charge on any atom is 0.269 e. The average Bonchev–Trinajstić information content (AvgIpc) is 3.81. The average molecular weight is 1090 g/mol. The Bertz CT molecular complexity index is 3850. The van der Waals surface area contributed by atoms with Crippen LogP contribution in [0.4, 0.5) is 17.3 Å². The van der Waals surface area contributed by atoms with Gasteiger partial charge in [0.15, 0.2) is 5.82 Å². The first-order chi connectivity index (χ1) is 36.2. The number of aryl methyl sites for hydroxylation is 1. The number of fused-ring (bicyclic) bond motifs is 5. The number of aromatic hydroxyl groups is 1. The summed E-state index contributed by atoms with van der Waals surface area (Å²) >= 11 is 0. The van der Waals surface area contributed by atoms with Crippen LogP contribution in [0.1, 0.15) is 70.7 Å². The Hall–Kier alpha value is -8.67. The molecule has 7 aromatic rings.